The minimum atomic E-state index is -0.208. The van der Waals surface area contributed by atoms with Gasteiger partial charge in [0.1, 0.15) is 0 Å². The van der Waals surface area contributed by atoms with Crippen LogP contribution in [0.1, 0.15) is 5.56 Å². The lowest BCUT2D eigenvalue weighted by Crippen LogP contribution is -2.45. The Bertz CT molecular complexity index is 568. The van der Waals surface area contributed by atoms with E-state index < -0.39 is 0 Å². The van der Waals surface area contributed by atoms with Crippen LogP contribution in [0.2, 0.25) is 0 Å². The van der Waals surface area contributed by atoms with E-state index in [1.54, 1.807) is 6.08 Å². The Kier molecular flexibility index (Phi) is 4.38. The molecule has 0 N–H and O–H groups in total. The molecule has 21 heavy (non-hydrogen) atoms. The fraction of sp³-hybridized carbons (Fsp3) is 0.333. The first-order valence-electron chi connectivity index (χ1n) is 6.84. The van der Waals surface area contributed by atoms with Crippen LogP contribution in [-0.4, -0.2) is 53.9 Å². The molecule has 0 atom stereocenters. The number of nitrogens with zero attached hydrogens (tertiary/aromatic N) is 2. The van der Waals surface area contributed by atoms with E-state index in [0.29, 0.717) is 24.8 Å². The number of hydrogen-bond acceptors (Lipinski definition) is 5. The second-order valence-corrected chi connectivity index (χ2v) is 5.89. The Morgan fingerprint density at radius 2 is 1.86 bits per heavy atom. The number of thioether (sulfide) groups is 1. The van der Waals surface area contributed by atoms with Crippen molar-refractivity contribution in [2.24, 2.45) is 0 Å². The highest BCUT2D eigenvalue weighted by molar-refractivity contribution is 8.18. The first-order valence-corrected chi connectivity index (χ1v) is 7.66. The predicted octanol–water partition coefficient (Wildman–Crippen LogP) is 2.01. The van der Waals surface area contributed by atoms with E-state index in [0.717, 1.165) is 30.4 Å². The van der Waals surface area contributed by atoms with Gasteiger partial charge in [-0.05, 0) is 23.4 Å². The molecule has 2 heterocycles. The normalized spacial score (nSPS) is 22.3. The van der Waals surface area contributed by atoms with Crippen molar-refractivity contribution in [1.29, 1.82) is 0 Å². The summed E-state index contributed by atoms with van der Waals surface area (Å²) in [5.41, 5.74) is 0.925. The summed E-state index contributed by atoms with van der Waals surface area (Å²) in [6.45, 7) is 3.14. The summed E-state index contributed by atoms with van der Waals surface area (Å²) in [5, 5.41) is -0.200. The van der Waals surface area contributed by atoms with E-state index in [-0.39, 0.29) is 11.1 Å². The van der Waals surface area contributed by atoms with Crippen LogP contribution in [0.15, 0.2) is 35.2 Å². The first kappa shape index (κ1) is 14.3. The van der Waals surface area contributed by atoms with Crippen LogP contribution in [0.3, 0.4) is 0 Å². The SMILES string of the molecule is O=C1SC(=Cc2ccccc2)C(=O)N1CN1CCOCC1. The van der Waals surface area contributed by atoms with Gasteiger partial charge in [0, 0.05) is 13.1 Å². The number of rotatable bonds is 3. The fourth-order valence-corrected chi connectivity index (χ4v) is 3.10. The standard InChI is InChI=1S/C15H16N2O3S/c18-14-13(10-12-4-2-1-3-5-12)21-15(19)17(14)11-16-6-8-20-9-7-16/h1-5,10H,6-9,11H2. The number of carbonyl (C=O) groups excluding carboxylic acids is 2. The molecule has 0 unspecified atom stereocenters. The Balaban J connectivity index is 1.71. The largest absolute Gasteiger partial charge is 0.379 e. The van der Waals surface area contributed by atoms with E-state index in [1.165, 1.54) is 4.90 Å². The highest BCUT2D eigenvalue weighted by Crippen LogP contribution is 2.32. The third-order valence-electron chi connectivity index (χ3n) is 3.42. The van der Waals surface area contributed by atoms with Gasteiger partial charge in [-0.3, -0.25) is 19.4 Å². The van der Waals surface area contributed by atoms with Crippen LogP contribution in [0.25, 0.3) is 6.08 Å². The minimum absolute atomic E-state index is 0.200. The van der Waals surface area contributed by atoms with Crippen LogP contribution in [0, 0.1) is 0 Å². The van der Waals surface area contributed by atoms with Gasteiger partial charge in [-0.1, -0.05) is 30.3 Å². The summed E-state index contributed by atoms with van der Waals surface area (Å²) in [6, 6.07) is 9.56. The Labute approximate surface area is 127 Å². The molecular weight excluding hydrogens is 288 g/mol. The number of benzene rings is 1. The summed E-state index contributed by atoms with van der Waals surface area (Å²) < 4.78 is 5.27. The molecule has 2 saturated heterocycles. The lowest BCUT2D eigenvalue weighted by atomic mass is 10.2. The number of ether oxygens (including phenoxy) is 1. The van der Waals surface area contributed by atoms with E-state index in [9.17, 15) is 9.59 Å². The van der Waals surface area contributed by atoms with Crippen molar-refractivity contribution in [2.75, 3.05) is 33.0 Å². The minimum Gasteiger partial charge on any atom is -0.379 e. The van der Waals surface area contributed by atoms with E-state index >= 15 is 0 Å². The van der Waals surface area contributed by atoms with Crippen molar-refractivity contribution in [2.45, 2.75) is 0 Å². The molecule has 110 valence electrons. The number of hydrogen-bond donors (Lipinski definition) is 0. The number of imide groups is 1. The molecule has 0 radical (unpaired) electrons. The van der Waals surface area contributed by atoms with Crippen LogP contribution >= 0.6 is 11.8 Å². The second kappa shape index (κ2) is 6.43. The van der Waals surface area contributed by atoms with Gasteiger partial charge in [-0.25, -0.2) is 0 Å². The molecule has 0 bridgehead atoms. The summed E-state index contributed by atoms with van der Waals surface area (Å²) in [7, 11) is 0. The summed E-state index contributed by atoms with van der Waals surface area (Å²) in [5.74, 6) is -0.208. The Morgan fingerprint density at radius 1 is 1.14 bits per heavy atom. The topological polar surface area (TPSA) is 49.9 Å². The quantitative estimate of drug-likeness (QED) is 0.800. The molecule has 2 amide bonds. The van der Waals surface area contributed by atoms with E-state index in [1.807, 2.05) is 30.3 Å². The smallest absolute Gasteiger partial charge is 0.294 e. The second-order valence-electron chi connectivity index (χ2n) is 4.89. The summed E-state index contributed by atoms with van der Waals surface area (Å²) in [6.07, 6.45) is 1.77. The molecule has 2 aliphatic heterocycles. The van der Waals surface area contributed by atoms with Crippen LogP contribution in [-0.2, 0) is 9.53 Å². The molecule has 0 aromatic heterocycles. The molecule has 3 rings (SSSR count). The van der Waals surface area contributed by atoms with Crippen molar-refractivity contribution < 1.29 is 14.3 Å². The van der Waals surface area contributed by atoms with Crippen molar-refractivity contribution in [3.8, 4) is 0 Å². The first-order chi connectivity index (χ1) is 10.2. The molecule has 2 fully saturated rings. The molecule has 0 spiro atoms. The zero-order chi connectivity index (χ0) is 14.7. The highest BCUT2D eigenvalue weighted by Gasteiger charge is 2.36. The molecule has 0 saturated carbocycles. The maximum absolute atomic E-state index is 12.4. The van der Waals surface area contributed by atoms with Crippen molar-refractivity contribution in [3.05, 3.63) is 40.8 Å². The predicted molar refractivity (Wildman–Crippen MR) is 81.5 cm³/mol. The zero-order valence-electron chi connectivity index (χ0n) is 11.5. The number of carbonyl (C=O) groups is 2. The molecule has 5 nitrogen and oxygen atoms in total. The van der Waals surface area contributed by atoms with Gasteiger partial charge in [-0.2, -0.15) is 0 Å². The zero-order valence-corrected chi connectivity index (χ0v) is 12.3. The average Bonchev–Trinajstić information content (AvgIpc) is 2.77. The van der Waals surface area contributed by atoms with Gasteiger partial charge in [0.15, 0.2) is 0 Å². The molecule has 1 aromatic rings. The van der Waals surface area contributed by atoms with Crippen molar-refractivity contribution in [3.63, 3.8) is 0 Å². The van der Waals surface area contributed by atoms with E-state index in [4.69, 9.17) is 4.74 Å². The molecular formula is C15H16N2O3S. The average molecular weight is 304 g/mol. The Morgan fingerprint density at radius 3 is 2.57 bits per heavy atom. The van der Waals surface area contributed by atoms with Crippen LogP contribution in [0.4, 0.5) is 4.79 Å². The Hall–Kier alpha value is -1.63. The molecule has 2 aliphatic rings. The highest BCUT2D eigenvalue weighted by atomic mass is 32.2. The van der Waals surface area contributed by atoms with E-state index in [2.05, 4.69) is 4.90 Å². The molecule has 0 aliphatic carbocycles. The van der Waals surface area contributed by atoms with Gasteiger partial charge in [0.2, 0.25) is 0 Å². The maximum atomic E-state index is 12.4. The van der Waals surface area contributed by atoms with Gasteiger partial charge in [0.05, 0.1) is 24.8 Å². The summed E-state index contributed by atoms with van der Waals surface area (Å²) in [4.78, 5) is 28.2. The monoisotopic (exact) mass is 304 g/mol. The fourth-order valence-electron chi connectivity index (χ4n) is 2.27. The third kappa shape index (κ3) is 3.34. The maximum Gasteiger partial charge on any atom is 0.294 e. The lowest BCUT2D eigenvalue weighted by molar-refractivity contribution is -0.125. The number of amides is 2. The van der Waals surface area contributed by atoms with Crippen molar-refractivity contribution in [1.82, 2.24) is 9.80 Å². The third-order valence-corrected chi connectivity index (χ3v) is 4.32. The number of morpholine rings is 1. The molecule has 6 heteroatoms. The van der Waals surface area contributed by atoms with Crippen LogP contribution in [0.5, 0.6) is 0 Å². The summed E-state index contributed by atoms with van der Waals surface area (Å²) >= 11 is 1.01. The van der Waals surface area contributed by atoms with Crippen LogP contribution < -0.4 is 0 Å². The van der Waals surface area contributed by atoms with Gasteiger partial charge >= 0.3 is 0 Å². The lowest BCUT2D eigenvalue weighted by Gasteiger charge is -2.29. The van der Waals surface area contributed by atoms with Gasteiger partial charge < -0.3 is 4.74 Å². The van der Waals surface area contributed by atoms with Gasteiger partial charge in [0.25, 0.3) is 11.1 Å². The molecule has 1 aromatic carbocycles. The van der Waals surface area contributed by atoms with Crippen molar-refractivity contribution >= 4 is 29.0 Å². The van der Waals surface area contributed by atoms with Gasteiger partial charge in [-0.15, -0.1) is 0 Å².